The molecule has 0 aliphatic heterocycles. The molecule has 2 N–H and O–H groups in total. The van der Waals surface area contributed by atoms with Crippen LogP contribution < -0.4 is 5.32 Å². The van der Waals surface area contributed by atoms with E-state index in [1.54, 1.807) is 0 Å². The minimum atomic E-state index is -0.273. The fraction of sp³-hybridized carbons (Fsp3) is 0.909. The number of aliphatic hydroxyl groups excluding tert-OH is 1. The highest BCUT2D eigenvalue weighted by atomic mass is 79.9. The Morgan fingerprint density at radius 3 is 2.67 bits per heavy atom. The molecule has 0 aromatic heterocycles. The van der Waals surface area contributed by atoms with E-state index in [0.717, 1.165) is 18.2 Å². The third-order valence-electron chi connectivity index (χ3n) is 3.34. The second kappa shape index (κ2) is 5.30. The van der Waals surface area contributed by atoms with Crippen LogP contribution in [0.4, 0.5) is 0 Å². The van der Waals surface area contributed by atoms with Gasteiger partial charge in [0.25, 0.3) is 0 Å². The molecule has 0 saturated heterocycles. The van der Waals surface area contributed by atoms with Crippen LogP contribution in [0.2, 0.25) is 0 Å². The number of hydrogen-bond acceptors (Lipinski definition) is 2. The Hall–Kier alpha value is -0.0900. The van der Waals surface area contributed by atoms with Crippen molar-refractivity contribution < 1.29 is 9.90 Å². The number of halogens is 1. The molecule has 0 aromatic rings. The smallest absolute Gasteiger partial charge is 0.220 e. The summed E-state index contributed by atoms with van der Waals surface area (Å²) in [7, 11) is 0. The van der Waals surface area contributed by atoms with Crippen LogP contribution in [-0.2, 0) is 4.79 Å². The van der Waals surface area contributed by atoms with E-state index < -0.39 is 0 Å². The zero-order chi connectivity index (χ0) is 11.5. The predicted molar refractivity (Wildman–Crippen MR) is 64.0 cm³/mol. The lowest BCUT2D eigenvalue weighted by Gasteiger charge is -2.49. The number of aliphatic hydroxyl groups is 1. The van der Waals surface area contributed by atoms with E-state index in [-0.39, 0.29) is 23.5 Å². The molecule has 1 aliphatic carbocycles. The lowest BCUT2D eigenvalue weighted by Crippen LogP contribution is -2.61. The van der Waals surface area contributed by atoms with Crippen LogP contribution in [0.5, 0.6) is 0 Å². The Kier molecular flexibility index (Phi) is 4.59. The minimum absolute atomic E-state index is 0.112. The number of nitrogens with one attached hydrogen (secondary N) is 1. The summed E-state index contributed by atoms with van der Waals surface area (Å²) in [5.74, 6) is 0.112. The highest BCUT2D eigenvalue weighted by Crippen LogP contribution is 2.40. The Balaban J connectivity index is 2.22. The second-order valence-corrected chi connectivity index (χ2v) is 5.63. The van der Waals surface area contributed by atoms with Gasteiger partial charge in [0.05, 0.1) is 6.10 Å². The van der Waals surface area contributed by atoms with E-state index in [0.29, 0.717) is 12.8 Å². The van der Waals surface area contributed by atoms with E-state index in [1.807, 2.05) is 13.8 Å². The van der Waals surface area contributed by atoms with Gasteiger partial charge in [0, 0.05) is 23.2 Å². The molecule has 0 aromatic carbocycles. The molecule has 0 radical (unpaired) electrons. The fourth-order valence-corrected chi connectivity index (χ4v) is 2.19. The van der Waals surface area contributed by atoms with Gasteiger partial charge in [-0.1, -0.05) is 29.8 Å². The molecule has 1 fully saturated rings. The number of hydrogen-bond donors (Lipinski definition) is 2. The summed E-state index contributed by atoms with van der Waals surface area (Å²) in [6, 6.07) is 0.143. The summed E-state index contributed by atoms with van der Waals surface area (Å²) < 4.78 is 0. The van der Waals surface area contributed by atoms with Crippen molar-refractivity contribution in [3.63, 3.8) is 0 Å². The van der Waals surface area contributed by atoms with Crippen LogP contribution in [-0.4, -0.2) is 28.5 Å². The zero-order valence-electron chi connectivity index (χ0n) is 9.42. The Bertz CT molecular complexity index is 231. The molecule has 88 valence electrons. The van der Waals surface area contributed by atoms with E-state index in [9.17, 15) is 9.90 Å². The summed E-state index contributed by atoms with van der Waals surface area (Å²) in [5.41, 5.74) is -0.162. The summed E-state index contributed by atoms with van der Waals surface area (Å²) in [6.45, 7) is 3.98. The molecule has 1 rings (SSSR count). The third-order valence-corrected chi connectivity index (χ3v) is 3.90. The van der Waals surface area contributed by atoms with Crippen LogP contribution in [0.25, 0.3) is 0 Å². The summed E-state index contributed by atoms with van der Waals surface area (Å²) in [4.78, 5) is 11.5. The molecule has 15 heavy (non-hydrogen) atoms. The van der Waals surface area contributed by atoms with Gasteiger partial charge in [0.1, 0.15) is 0 Å². The maximum Gasteiger partial charge on any atom is 0.220 e. The van der Waals surface area contributed by atoms with Crippen LogP contribution >= 0.6 is 15.9 Å². The highest BCUT2D eigenvalue weighted by molar-refractivity contribution is 9.09. The van der Waals surface area contributed by atoms with Gasteiger partial charge in [-0.2, -0.15) is 0 Å². The van der Waals surface area contributed by atoms with E-state index in [2.05, 4.69) is 21.2 Å². The van der Waals surface area contributed by atoms with E-state index in [1.165, 1.54) is 0 Å². The fourth-order valence-electron chi connectivity index (χ4n) is 1.79. The average molecular weight is 278 g/mol. The third kappa shape index (κ3) is 3.18. The SMILES string of the molecule is CC1(C)C(O)CC1NC(=O)CCCCBr. The number of rotatable bonds is 5. The number of unbranched alkanes of at least 4 members (excludes halogenated alkanes) is 1. The normalized spacial score (nSPS) is 28.3. The van der Waals surface area contributed by atoms with Crippen molar-refractivity contribution in [3.8, 4) is 0 Å². The maximum atomic E-state index is 11.5. The van der Waals surface area contributed by atoms with Crippen LogP contribution in [0.1, 0.15) is 39.5 Å². The standard InChI is InChI=1S/C11H20BrNO2/c1-11(2)8(7-9(11)14)13-10(15)5-3-4-6-12/h8-9,14H,3-7H2,1-2H3,(H,13,15). The summed E-state index contributed by atoms with van der Waals surface area (Å²) in [5, 5.41) is 13.4. The molecule has 4 heteroatoms. The van der Waals surface area contributed by atoms with Crippen molar-refractivity contribution in [3.05, 3.63) is 0 Å². The van der Waals surface area contributed by atoms with Gasteiger partial charge in [-0.25, -0.2) is 0 Å². The first-order chi connectivity index (χ1) is 6.98. The van der Waals surface area contributed by atoms with Crippen LogP contribution in [0.3, 0.4) is 0 Å². The first kappa shape index (κ1) is 13.0. The maximum absolute atomic E-state index is 11.5. The van der Waals surface area contributed by atoms with Crippen molar-refractivity contribution in [2.75, 3.05) is 5.33 Å². The number of alkyl halides is 1. The molecule has 2 unspecified atom stereocenters. The van der Waals surface area contributed by atoms with Gasteiger partial charge in [0.15, 0.2) is 0 Å². The Morgan fingerprint density at radius 2 is 2.20 bits per heavy atom. The lowest BCUT2D eigenvalue weighted by atomic mass is 9.64. The van der Waals surface area contributed by atoms with Crippen molar-refractivity contribution in [2.24, 2.45) is 5.41 Å². The van der Waals surface area contributed by atoms with Gasteiger partial charge in [0.2, 0.25) is 5.91 Å². The minimum Gasteiger partial charge on any atom is -0.392 e. The number of carbonyl (C=O) groups excluding carboxylic acids is 1. The number of amides is 1. The average Bonchev–Trinajstić information content (AvgIpc) is 2.18. The molecule has 0 bridgehead atoms. The van der Waals surface area contributed by atoms with E-state index >= 15 is 0 Å². The van der Waals surface area contributed by atoms with Gasteiger partial charge < -0.3 is 10.4 Å². The Morgan fingerprint density at radius 1 is 1.53 bits per heavy atom. The summed E-state index contributed by atoms with van der Waals surface area (Å²) in [6.07, 6.45) is 2.97. The second-order valence-electron chi connectivity index (χ2n) is 4.84. The molecule has 1 amide bonds. The largest absolute Gasteiger partial charge is 0.392 e. The first-order valence-corrected chi connectivity index (χ1v) is 6.64. The van der Waals surface area contributed by atoms with Gasteiger partial charge in [-0.05, 0) is 19.3 Å². The van der Waals surface area contributed by atoms with Gasteiger partial charge >= 0.3 is 0 Å². The lowest BCUT2D eigenvalue weighted by molar-refractivity contribution is -0.129. The molecular weight excluding hydrogens is 258 g/mol. The van der Waals surface area contributed by atoms with Gasteiger partial charge in [-0.3, -0.25) is 4.79 Å². The highest BCUT2D eigenvalue weighted by Gasteiger charge is 2.47. The zero-order valence-corrected chi connectivity index (χ0v) is 11.0. The van der Waals surface area contributed by atoms with Crippen molar-refractivity contribution >= 4 is 21.8 Å². The quantitative estimate of drug-likeness (QED) is 0.595. The summed E-state index contributed by atoms with van der Waals surface area (Å²) >= 11 is 3.34. The molecule has 0 spiro atoms. The molecule has 3 nitrogen and oxygen atoms in total. The predicted octanol–water partition coefficient (Wildman–Crippen LogP) is 1.83. The molecule has 1 aliphatic rings. The number of carbonyl (C=O) groups is 1. The molecule has 2 atom stereocenters. The van der Waals surface area contributed by atoms with Crippen molar-refractivity contribution in [2.45, 2.75) is 51.7 Å². The van der Waals surface area contributed by atoms with E-state index in [4.69, 9.17) is 0 Å². The van der Waals surface area contributed by atoms with Crippen molar-refractivity contribution in [1.29, 1.82) is 0 Å². The topological polar surface area (TPSA) is 49.3 Å². The molecular formula is C11H20BrNO2. The van der Waals surface area contributed by atoms with Crippen LogP contribution in [0.15, 0.2) is 0 Å². The van der Waals surface area contributed by atoms with Gasteiger partial charge in [-0.15, -0.1) is 0 Å². The molecule has 0 heterocycles. The molecule has 1 saturated carbocycles. The Labute approximate surface area is 99.8 Å². The van der Waals surface area contributed by atoms with Crippen molar-refractivity contribution in [1.82, 2.24) is 5.32 Å². The van der Waals surface area contributed by atoms with Crippen LogP contribution in [0, 0.1) is 5.41 Å². The monoisotopic (exact) mass is 277 g/mol. The first-order valence-electron chi connectivity index (χ1n) is 5.52.